The molecule has 36 heavy (non-hydrogen) atoms. The number of nitrogens with one attached hydrogen (secondary N) is 1. The van der Waals surface area contributed by atoms with E-state index < -0.39 is 35.6 Å². The highest BCUT2D eigenvalue weighted by Gasteiger charge is 2.38. The normalized spacial score (nSPS) is 17.9. The van der Waals surface area contributed by atoms with Gasteiger partial charge in [-0.3, -0.25) is 4.90 Å². The molecule has 12 heteroatoms. The molecule has 4 rings (SSSR count). The number of hydrogen-bond donors (Lipinski definition) is 3. The van der Waals surface area contributed by atoms with E-state index in [2.05, 4.69) is 15.3 Å². The summed E-state index contributed by atoms with van der Waals surface area (Å²) in [5.74, 6) is -1.04. The van der Waals surface area contributed by atoms with Crippen LogP contribution in [0.3, 0.4) is 0 Å². The minimum absolute atomic E-state index is 0.152. The van der Waals surface area contributed by atoms with Crippen molar-refractivity contribution in [1.29, 1.82) is 0 Å². The quantitative estimate of drug-likeness (QED) is 0.436. The van der Waals surface area contributed by atoms with Crippen LogP contribution >= 0.6 is 11.3 Å². The maximum atomic E-state index is 14.2. The van der Waals surface area contributed by atoms with Gasteiger partial charge in [-0.25, -0.2) is 23.9 Å². The van der Waals surface area contributed by atoms with Gasteiger partial charge in [0.15, 0.2) is 0 Å². The average Bonchev–Trinajstić information content (AvgIpc) is 3.36. The third kappa shape index (κ3) is 5.34. The summed E-state index contributed by atoms with van der Waals surface area (Å²) in [4.78, 5) is 34.7. The number of nitrogens with zero attached hydrogens (tertiary/aromatic N) is 3. The van der Waals surface area contributed by atoms with Crippen LogP contribution in [0.25, 0.3) is 10.2 Å². The number of aliphatic hydroxyl groups is 1. The molecule has 2 atom stereocenters. The zero-order valence-corrected chi connectivity index (χ0v) is 21.1. The lowest BCUT2D eigenvalue weighted by molar-refractivity contribution is 0.0165. The maximum Gasteiger partial charge on any atom is 0.410 e. The van der Waals surface area contributed by atoms with Crippen LogP contribution in [-0.2, 0) is 4.74 Å². The third-order valence-corrected chi connectivity index (χ3v) is 6.81. The Hall–Kier alpha value is -3.51. The second-order valence-electron chi connectivity index (χ2n) is 9.47. The highest BCUT2D eigenvalue weighted by molar-refractivity contribution is 7.20. The molecule has 3 heterocycles. The summed E-state index contributed by atoms with van der Waals surface area (Å²) in [6.45, 7) is 6.83. The van der Waals surface area contributed by atoms with Gasteiger partial charge in [0.2, 0.25) is 0 Å². The van der Waals surface area contributed by atoms with Crippen molar-refractivity contribution in [2.24, 2.45) is 0 Å². The fourth-order valence-corrected chi connectivity index (χ4v) is 5.04. The first-order valence-electron chi connectivity index (χ1n) is 11.3. The number of ether oxygens (including phenoxy) is 2. The van der Waals surface area contributed by atoms with E-state index in [0.717, 1.165) is 11.3 Å². The highest BCUT2D eigenvalue weighted by atomic mass is 32.1. The number of hydrogen-bond acceptors (Lipinski definition) is 9. The van der Waals surface area contributed by atoms with E-state index in [1.165, 1.54) is 29.4 Å². The molecule has 10 nitrogen and oxygen atoms in total. The van der Waals surface area contributed by atoms with Crippen LogP contribution in [0.5, 0.6) is 5.75 Å². The lowest BCUT2D eigenvalue weighted by Gasteiger charge is -2.27. The van der Waals surface area contributed by atoms with Gasteiger partial charge < -0.3 is 25.0 Å². The van der Waals surface area contributed by atoms with E-state index in [0.29, 0.717) is 33.7 Å². The van der Waals surface area contributed by atoms with E-state index in [9.17, 15) is 24.2 Å². The van der Waals surface area contributed by atoms with E-state index in [1.807, 2.05) is 0 Å². The highest BCUT2D eigenvalue weighted by Crippen LogP contribution is 2.37. The van der Waals surface area contributed by atoms with Gasteiger partial charge >= 0.3 is 12.1 Å². The Labute approximate surface area is 210 Å². The molecule has 1 aliphatic rings. The molecule has 0 saturated carbocycles. The smallest absolute Gasteiger partial charge is 0.410 e. The van der Waals surface area contributed by atoms with Crippen molar-refractivity contribution >= 4 is 45.1 Å². The molecule has 1 fully saturated rings. The average molecular weight is 519 g/mol. The first-order valence-corrected chi connectivity index (χ1v) is 12.1. The van der Waals surface area contributed by atoms with Crippen LogP contribution in [0, 0.1) is 12.7 Å². The number of carboxylic acid groups (broad SMARTS) is 1. The van der Waals surface area contributed by atoms with Crippen molar-refractivity contribution in [1.82, 2.24) is 14.9 Å². The Balaban J connectivity index is 1.60. The number of aliphatic hydroxyl groups excluding tert-OH is 1. The van der Waals surface area contributed by atoms with Crippen molar-refractivity contribution in [2.45, 2.75) is 51.9 Å². The summed E-state index contributed by atoms with van der Waals surface area (Å²) >= 11 is 1.04. The van der Waals surface area contributed by atoms with Gasteiger partial charge in [0, 0.05) is 12.5 Å². The molecule has 3 aromatic rings. The first kappa shape index (κ1) is 25.6. The molecular formula is C24H27FN4O6S. The number of aromatic carboxylic acids is 1. The van der Waals surface area contributed by atoms with Crippen LogP contribution in [0.2, 0.25) is 0 Å². The molecule has 2 unspecified atom stereocenters. The van der Waals surface area contributed by atoms with Gasteiger partial charge in [0.05, 0.1) is 30.3 Å². The van der Waals surface area contributed by atoms with Crippen molar-refractivity contribution in [3.05, 3.63) is 40.8 Å². The number of carbonyl (C=O) groups is 2. The number of carboxylic acids is 1. The van der Waals surface area contributed by atoms with Crippen molar-refractivity contribution in [2.75, 3.05) is 18.5 Å². The Bertz CT molecular complexity index is 1310. The molecule has 1 aromatic carbocycles. The number of aryl methyl sites for hydroxylation is 1. The number of benzene rings is 1. The van der Waals surface area contributed by atoms with Crippen LogP contribution in [0.1, 0.15) is 42.4 Å². The van der Waals surface area contributed by atoms with Gasteiger partial charge in [-0.05, 0) is 45.4 Å². The summed E-state index contributed by atoms with van der Waals surface area (Å²) in [5, 5.41) is 22.9. The third-order valence-electron chi connectivity index (χ3n) is 5.63. The van der Waals surface area contributed by atoms with Gasteiger partial charge in [-0.15, -0.1) is 11.3 Å². The number of carbonyl (C=O) groups excluding carboxylic acids is 1. The summed E-state index contributed by atoms with van der Waals surface area (Å²) < 4.78 is 25.7. The molecule has 0 aliphatic carbocycles. The lowest BCUT2D eigenvalue weighted by atomic mass is 10.2. The number of aromatic nitrogens is 2. The SMILES string of the molecule is Cc1c(C(=O)O)sc2ncnc(Nc3ccc(F)cc3OC3CC(CO)N(C(=O)OC(C)(C)C)C3)c12. The van der Waals surface area contributed by atoms with Gasteiger partial charge in [-0.1, -0.05) is 0 Å². The van der Waals surface area contributed by atoms with Crippen LogP contribution in [0.15, 0.2) is 24.5 Å². The number of thiophene rings is 1. The zero-order chi connectivity index (χ0) is 26.2. The number of likely N-dealkylation sites (tertiary alicyclic amines) is 1. The van der Waals surface area contributed by atoms with Crippen LogP contribution < -0.4 is 10.1 Å². The van der Waals surface area contributed by atoms with Crippen molar-refractivity contribution < 1.29 is 33.7 Å². The number of fused-ring (bicyclic) bond motifs is 1. The largest absolute Gasteiger partial charge is 0.486 e. The first-order chi connectivity index (χ1) is 17.0. The molecule has 2 aromatic heterocycles. The van der Waals surface area contributed by atoms with E-state index in [4.69, 9.17) is 9.47 Å². The lowest BCUT2D eigenvalue weighted by Crippen LogP contribution is -2.41. The zero-order valence-electron chi connectivity index (χ0n) is 20.2. The standard InChI is InChI=1S/C24H27FN4O6S/c1-12-18-20(26-11-27-21(18)36-19(12)22(31)32)28-16-6-5-13(25)7-17(16)34-15-8-14(10-30)29(9-15)23(33)35-24(2,3)4/h5-7,11,14-15,30H,8-10H2,1-4H3,(H,31,32)(H,26,27,28). The second-order valence-corrected chi connectivity index (χ2v) is 10.5. The summed E-state index contributed by atoms with van der Waals surface area (Å²) in [7, 11) is 0. The minimum Gasteiger partial charge on any atom is -0.486 e. The fourth-order valence-electron chi connectivity index (χ4n) is 4.05. The Morgan fingerprint density at radius 1 is 1.31 bits per heavy atom. The minimum atomic E-state index is -1.05. The topological polar surface area (TPSA) is 134 Å². The molecule has 0 bridgehead atoms. The monoisotopic (exact) mass is 518 g/mol. The summed E-state index contributed by atoms with van der Waals surface area (Å²) in [6.07, 6.45) is 0.562. The van der Waals surface area contributed by atoms with Crippen molar-refractivity contribution in [3.8, 4) is 5.75 Å². The number of anilines is 2. The molecule has 1 saturated heterocycles. The number of rotatable bonds is 6. The predicted molar refractivity (Wildman–Crippen MR) is 132 cm³/mol. The molecule has 1 aliphatic heterocycles. The van der Waals surface area contributed by atoms with Crippen molar-refractivity contribution in [3.63, 3.8) is 0 Å². The van der Waals surface area contributed by atoms with Crippen LogP contribution in [0.4, 0.5) is 20.7 Å². The predicted octanol–water partition coefficient (Wildman–Crippen LogP) is 4.33. The van der Waals surface area contributed by atoms with Crippen LogP contribution in [-0.4, -0.2) is 68.0 Å². The van der Waals surface area contributed by atoms with E-state index >= 15 is 0 Å². The maximum absolute atomic E-state index is 14.2. The van der Waals surface area contributed by atoms with E-state index in [-0.39, 0.29) is 23.8 Å². The number of halogens is 1. The Morgan fingerprint density at radius 2 is 2.06 bits per heavy atom. The molecule has 0 radical (unpaired) electrons. The molecule has 0 spiro atoms. The van der Waals surface area contributed by atoms with Gasteiger partial charge in [0.1, 0.15) is 45.1 Å². The number of amides is 1. The summed E-state index contributed by atoms with van der Waals surface area (Å²) in [6, 6.07) is 3.46. The van der Waals surface area contributed by atoms with E-state index in [1.54, 1.807) is 27.7 Å². The molecule has 1 amide bonds. The van der Waals surface area contributed by atoms with Gasteiger partial charge in [-0.2, -0.15) is 0 Å². The Morgan fingerprint density at radius 3 is 2.72 bits per heavy atom. The van der Waals surface area contributed by atoms with Gasteiger partial charge in [0.25, 0.3) is 0 Å². The second kappa shape index (κ2) is 9.86. The molecular weight excluding hydrogens is 491 g/mol. The molecule has 192 valence electrons. The molecule has 3 N–H and O–H groups in total. The fraction of sp³-hybridized carbons (Fsp3) is 0.417. The summed E-state index contributed by atoms with van der Waals surface area (Å²) in [5.41, 5.74) is 0.221. The Kier molecular flexibility index (Phi) is 7.01.